The Morgan fingerprint density at radius 3 is 2.10 bits per heavy atom. The highest BCUT2D eigenvalue weighted by atomic mass is 31.2. The molecular formula is C15H16NO4P. The Morgan fingerprint density at radius 1 is 1.05 bits per heavy atom. The van der Waals surface area contributed by atoms with Gasteiger partial charge in [0, 0.05) is 0 Å². The van der Waals surface area contributed by atoms with Crippen molar-refractivity contribution in [2.45, 2.75) is 11.9 Å². The van der Waals surface area contributed by atoms with Crippen molar-refractivity contribution in [1.29, 1.82) is 0 Å². The summed E-state index contributed by atoms with van der Waals surface area (Å²) in [5, 5.41) is -1.95. The zero-order valence-corrected chi connectivity index (χ0v) is 12.1. The van der Waals surface area contributed by atoms with Gasteiger partial charge in [-0.15, -0.1) is 0 Å². The summed E-state index contributed by atoms with van der Waals surface area (Å²) in [4.78, 5) is 31.4. The van der Waals surface area contributed by atoms with Crippen LogP contribution in [0.4, 0.5) is 0 Å². The first-order valence-corrected chi connectivity index (χ1v) is 7.53. The average molecular weight is 305 g/mol. The fourth-order valence-electron chi connectivity index (χ4n) is 1.84. The fraction of sp³-hybridized carbons (Fsp3) is 0.133. The summed E-state index contributed by atoms with van der Waals surface area (Å²) in [7, 11) is -2.74. The Balaban J connectivity index is 2.17. The molecule has 0 fully saturated rings. The van der Waals surface area contributed by atoms with Crippen molar-refractivity contribution in [3.8, 4) is 0 Å². The number of nitrogens with two attached hydrogens (primary N) is 1. The number of esters is 1. The molecule has 6 heteroatoms. The first-order valence-electron chi connectivity index (χ1n) is 6.28. The van der Waals surface area contributed by atoms with Crippen molar-refractivity contribution >= 4 is 14.3 Å². The minimum atomic E-state index is -2.74. The lowest BCUT2D eigenvalue weighted by Gasteiger charge is -2.28. The van der Waals surface area contributed by atoms with Crippen LogP contribution < -0.4 is 5.73 Å². The Kier molecular flexibility index (Phi) is 5.04. The van der Waals surface area contributed by atoms with Gasteiger partial charge in [-0.05, 0) is 11.1 Å². The van der Waals surface area contributed by atoms with Gasteiger partial charge >= 0.3 is 5.97 Å². The molecule has 21 heavy (non-hydrogen) atoms. The molecule has 2 aromatic rings. The number of ether oxygens (including phenoxy) is 1. The summed E-state index contributed by atoms with van der Waals surface area (Å²) in [5.74, 6) is -0.867. The molecule has 5 nitrogen and oxygen atoms in total. The summed E-state index contributed by atoms with van der Waals surface area (Å²) in [6.45, 7) is 0.0225. The first-order chi connectivity index (χ1) is 10.0. The molecule has 0 bridgehead atoms. The standard InChI is InChI=1S/C15H16NO4P/c16-15(21(18)19,13-9-5-2-6-10-13)14(17)20-11-12-7-3-1-4-8-12/h1-10,18-19H,11,16H2. The SMILES string of the molecule is NC(C(=O)OCc1ccccc1)(c1ccccc1)P(O)O. The summed E-state index contributed by atoms with van der Waals surface area (Å²) in [6, 6.07) is 17.3. The van der Waals surface area contributed by atoms with Crippen LogP contribution in [-0.4, -0.2) is 15.8 Å². The summed E-state index contributed by atoms with van der Waals surface area (Å²) < 4.78 is 5.14. The third-order valence-corrected chi connectivity index (χ3v) is 4.13. The molecule has 1 atom stereocenters. The molecule has 110 valence electrons. The highest BCUT2D eigenvalue weighted by Gasteiger charge is 2.45. The van der Waals surface area contributed by atoms with Crippen molar-refractivity contribution < 1.29 is 19.3 Å². The monoisotopic (exact) mass is 305 g/mol. The third kappa shape index (κ3) is 3.46. The smallest absolute Gasteiger partial charge is 0.340 e. The number of carbonyl (C=O) groups is 1. The van der Waals surface area contributed by atoms with Gasteiger partial charge in [-0.2, -0.15) is 0 Å². The molecule has 2 rings (SSSR count). The molecule has 0 amide bonds. The van der Waals surface area contributed by atoms with E-state index in [1.54, 1.807) is 42.5 Å². The molecule has 0 saturated carbocycles. The van der Waals surface area contributed by atoms with Gasteiger partial charge in [-0.25, -0.2) is 4.79 Å². The van der Waals surface area contributed by atoms with Gasteiger partial charge in [0.05, 0.1) is 0 Å². The topological polar surface area (TPSA) is 92.8 Å². The van der Waals surface area contributed by atoms with Crippen molar-refractivity contribution in [1.82, 2.24) is 0 Å². The number of hydrogen-bond acceptors (Lipinski definition) is 5. The lowest BCUT2D eigenvalue weighted by molar-refractivity contribution is -0.148. The van der Waals surface area contributed by atoms with Crippen LogP contribution in [0.15, 0.2) is 60.7 Å². The van der Waals surface area contributed by atoms with E-state index in [4.69, 9.17) is 10.5 Å². The molecule has 0 aliphatic carbocycles. The largest absolute Gasteiger partial charge is 0.459 e. The van der Waals surface area contributed by atoms with Gasteiger partial charge in [-0.3, -0.25) is 0 Å². The Bertz CT molecular complexity index is 591. The normalized spacial score (nSPS) is 13.7. The van der Waals surface area contributed by atoms with Crippen LogP contribution >= 0.6 is 8.38 Å². The van der Waals surface area contributed by atoms with E-state index in [0.29, 0.717) is 5.56 Å². The molecule has 0 spiro atoms. The summed E-state index contributed by atoms with van der Waals surface area (Å²) >= 11 is 0. The predicted molar refractivity (Wildman–Crippen MR) is 79.9 cm³/mol. The van der Waals surface area contributed by atoms with Crippen molar-refractivity contribution in [3.05, 3.63) is 71.8 Å². The van der Waals surface area contributed by atoms with Crippen LogP contribution in [0.5, 0.6) is 0 Å². The lowest BCUT2D eigenvalue weighted by atomic mass is 10.1. The van der Waals surface area contributed by atoms with E-state index in [2.05, 4.69) is 0 Å². The molecule has 1 unspecified atom stereocenters. The molecular weight excluding hydrogens is 289 g/mol. The van der Waals surface area contributed by atoms with E-state index in [1.807, 2.05) is 18.2 Å². The number of rotatable bonds is 5. The van der Waals surface area contributed by atoms with E-state index >= 15 is 0 Å². The zero-order valence-electron chi connectivity index (χ0n) is 11.2. The van der Waals surface area contributed by atoms with Crippen molar-refractivity contribution in [3.63, 3.8) is 0 Å². The van der Waals surface area contributed by atoms with Crippen molar-refractivity contribution in [2.24, 2.45) is 5.73 Å². The van der Waals surface area contributed by atoms with Gasteiger partial charge in [0.1, 0.15) is 6.61 Å². The molecule has 2 aromatic carbocycles. The Labute approximate surface area is 123 Å². The Hall–Kier alpha value is -1.78. The van der Waals surface area contributed by atoms with Crippen LogP contribution in [0.1, 0.15) is 11.1 Å². The minimum Gasteiger partial charge on any atom is -0.459 e. The lowest BCUT2D eigenvalue weighted by Crippen LogP contribution is -2.44. The maximum absolute atomic E-state index is 12.2. The van der Waals surface area contributed by atoms with Crippen LogP contribution in [0.2, 0.25) is 0 Å². The van der Waals surface area contributed by atoms with Gasteiger partial charge in [0.2, 0.25) is 13.7 Å². The van der Waals surface area contributed by atoms with E-state index < -0.39 is 19.6 Å². The maximum Gasteiger partial charge on any atom is 0.340 e. The molecule has 0 aliphatic rings. The molecule has 0 aromatic heterocycles. The van der Waals surface area contributed by atoms with E-state index in [1.165, 1.54) is 0 Å². The van der Waals surface area contributed by atoms with Crippen LogP contribution in [0.25, 0.3) is 0 Å². The van der Waals surface area contributed by atoms with E-state index in [-0.39, 0.29) is 6.61 Å². The Morgan fingerprint density at radius 2 is 1.57 bits per heavy atom. The number of carbonyl (C=O) groups excluding carboxylic acids is 1. The predicted octanol–water partition coefficient (Wildman–Crippen LogP) is 1.84. The second-order valence-electron chi connectivity index (χ2n) is 4.48. The van der Waals surface area contributed by atoms with Crippen LogP contribution in [0.3, 0.4) is 0 Å². The van der Waals surface area contributed by atoms with Gasteiger partial charge in [-0.1, -0.05) is 60.7 Å². The number of benzene rings is 2. The quantitative estimate of drug-likeness (QED) is 0.579. The fourth-order valence-corrected chi connectivity index (χ4v) is 2.45. The summed E-state index contributed by atoms with van der Waals surface area (Å²) in [5.41, 5.74) is 7.02. The molecule has 4 N–H and O–H groups in total. The van der Waals surface area contributed by atoms with E-state index in [0.717, 1.165) is 5.56 Å². The third-order valence-electron chi connectivity index (χ3n) is 3.05. The second kappa shape index (κ2) is 6.78. The average Bonchev–Trinajstić information content (AvgIpc) is 2.53. The minimum absolute atomic E-state index is 0.0225. The summed E-state index contributed by atoms with van der Waals surface area (Å²) in [6.07, 6.45) is 0. The van der Waals surface area contributed by atoms with Crippen molar-refractivity contribution in [2.75, 3.05) is 0 Å². The molecule has 0 saturated heterocycles. The number of hydrogen-bond donors (Lipinski definition) is 3. The van der Waals surface area contributed by atoms with Gasteiger partial charge < -0.3 is 20.3 Å². The second-order valence-corrected chi connectivity index (χ2v) is 5.77. The molecule has 0 heterocycles. The zero-order chi connectivity index (χ0) is 15.3. The molecule has 0 aliphatic heterocycles. The molecule has 0 radical (unpaired) electrons. The highest BCUT2D eigenvalue weighted by molar-refractivity contribution is 7.47. The first kappa shape index (κ1) is 15.6. The van der Waals surface area contributed by atoms with Gasteiger partial charge in [0.15, 0.2) is 0 Å². The maximum atomic E-state index is 12.2. The van der Waals surface area contributed by atoms with Crippen LogP contribution in [0, 0.1) is 0 Å². The van der Waals surface area contributed by atoms with Gasteiger partial charge in [0.25, 0.3) is 0 Å². The van der Waals surface area contributed by atoms with Crippen LogP contribution in [-0.2, 0) is 21.4 Å². The van der Waals surface area contributed by atoms with E-state index in [9.17, 15) is 14.6 Å². The highest BCUT2D eigenvalue weighted by Crippen LogP contribution is 2.46.